The quantitative estimate of drug-likeness (QED) is 0.110. The van der Waals surface area contributed by atoms with Crippen LogP contribution in [0.1, 0.15) is 0 Å². The van der Waals surface area contributed by atoms with Crippen LogP contribution in [-0.4, -0.2) is 52.5 Å². The molecule has 11 nitrogen and oxygen atoms in total. The van der Waals surface area contributed by atoms with E-state index in [1.807, 2.05) is 30.3 Å². The van der Waals surface area contributed by atoms with E-state index in [4.69, 9.17) is 24.9 Å². The zero-order chi connectivity index (χ0) is 97.4. The summed E-state index contributed by atoms with van der Waals surface area (Å²) in [6.07, 6.45) is 3.33. The van der Waals surface area contributed by atoms with E-state index in [-0.39, 0.29) is 0 Å². The first-order valence-electron chi connectivity index (χ1n) is 50.2. The minimum absolute atomic E-state index is 0.533. The van der Waals surface area contributed by atoms with Crippen LogP contribution < -0.4 is 0 Å². The Bertz CT molecular complexity index is 9130. The maximum Gasteiger partial charge on any atom is 0.199 e. The summed E-state index contributed by atoms with van der Waals surface area (Å²) in [5.41, 5.74) is 33.0. The summed E-state index contributed by atoms with van der Waals surface area (Å²) in [6, 6.07) is 180. The molecule has 0 N–H and O–H groups in total. The minimum Gasteiger partial charge on any atom is -0.308 e. The Balaban J connectivity index is 0.0000000930. The van der Waals surface area contributed by atoms with Crippen LogP contribution in [0.4, 0.5) is 0 Å². The van der Waals surface area contributed by atoms with Gasteiger partial charge in [-0.15, -0.1) is 0 Å². The molecule has 0 aliphatic carbocycles. The lowest BCUT2D eigenvalue weighted by atomic mass is 9.96. The van der Waals surface area contributed by atoms with Crippen LogP contribution in [0, 0.1) is 0 Å². The van der Waals surface area contributed by atoms with Crippen molar-refractivity contribution in [2.75, 3.05) is 0 Å². The number of fused-ring (bicyclic) bond motifs is 32. The van der Waals surface area contributed by atoms with Crippen molar-refractivity contribution in [3.05, 3.63) is 516 Å². The molecule has 11 heteroatoms. The molecule has 0 unspecified atom stereocenters. The van der Waals surface area contributed by atoms with E-state index in [2.05, 4.69) is 501 Å². The Morgan fingerprint density at radius 3 is 0.757 bits per heavy atom. The van der Waals surface area contributed by atoms with Crippen molar-refractivity contribution in [1.82, 2.24) is 52.5 Å². The fraction of sp³-hybridized carbons (Fsp3) is 0. The van der Waals surface area contributed by atoms with Crippen molar-refractivity contribution in [2.24, 2.45) is 0 Å². The number of hydrogen-bond donors (Lipinski definition) is 0. The maximum absolute atomic E-state index is 5.29. The second kappa shape index (κ2) is 35.0. The maximum atomic E-state index is 5.29. The van der Waals surface area contributed by atoms with Crippen molar-refractivity contribution in [1.29, 1.82) is 0 Å². The Morgan fingerprint density at radius 2 is 0.385 bits per heavy atom. The monoisotopic (exact) mass is 1880 g/mol. The van der Waals surface area contributed by atoms with Crippen LogP contribution in [-0.2, 0) is 0 Å². The molecular weight excluding hydrogens is 1800 g/mol. The van der Waals surface area contributed by atoms with Gasteiger partial charge in [0.1, 0.15) is 16.7 Å². The van der Waals surface area contributed by atoms with Crippen LogP contribution >= 0.6 is 0 Å². The van der Waals surface area contributed by atoms with E-state index >= 15 is 0 Å². The van der Waals surface area contributed by atoms with Crippen molar-refractivity contribution < 1.29 is 0 Å². The smallest absolute Gasteiger partial charge is 0.199 e. The standard InChI is InChI=1S/C36H23N.C35H22N2.C34H21N3.C32H19N5/c1-3-11-24(12-4-1)30-23-34(25-13-5-2-6-14-25)37-35-22-29-18-10-9-16-27(29)20-32(35)31-19-26-15-7-8-17-28(26)21-33(31)36(30)37;1-3-11-23(12-4-1)28-22-33(24-13-5-2-6-14-24)37-34(28)30-20-26-16-8-7-15-25(26)19-29(30)31-21-27-17-9-10-18-32(27)36-35(31)37;1-3-11-22(12-4-1)26-21-31(23-13-5-2-6-14-23)37-33(26)28-20-25-16-8-7-15-24(25)19-27(28)32-34(37)36-30-18-10-9-17-29(30)35-32;1-3-9-20(10-4-1)24-19-27(21-11-5-2-6-12-21)37-29(24)26-18-23-14-8-7-13-22(23)17-25(26)28-32(37)36-31-30(35-28)33-15-16-34-31/h1-23H;1-22H;1-21H;1-19H. The molecule has 32 rings (SSSR count). The topological polar surface area (TPSA) is 108 Å². The Labute approximate surface area is 848 Å². The molecule has 0 atom stereocenters. The summed E-state index contributed by atoms with van der Waals surface area (Å²) in [6.45, 7) is 0. The molecule has 0 fully saturated rings. The van der Waals surface area contributed by atoms with Crippen LogP contribution in [0.25, 0.3) is 286 Å². The van der Waals surface area contributed by atoms with E-state index in [1.165, 1.54) is 153 Å². The summed E-state index contributed by atoms with van der Waals surface area (Å²) in [5, 5.41) is 25.4. The van der Waals surface area contributed by atoms with E-state index in [1.54, 1.807) is 12.4 Å². The molecule has 0 radical (unpaired) electrons. The highest BCUT2D eigenvalue weighted by Crippen LogP contribution is 2.50. The van der Waals surface area contributed by atoms with Gasteiger partial charge in [0.05, 0.1) is 66.9 Å². The highest BCUT2D eigenvalue weighted by atomic mass is 15.1. The number of benzene rings is 20. The Hall–Kier alpha value is -20.0. The third-order valence-corrected chi connectivity index (χ3v) is 29.6. The second-order valence-electron chi connectivity index (χ2n) is 38.2. The predicted molar refractivity (Wildman–Crippen MR) is 618 cm³/mol. The van der Waals surface area contributed by atoms with Crippen molar-refractivity contribution in [3.63, 3.8) is 0 Å². The van der Waals surface area contributed by atoms with Gasteiger partial charge in [0, 0.05) is 83.1 Å². The number of rotatable bonds is 8. The lowest BCUT2D eigenvalue weighted by Crippen LogP contribution is -2.00. The molecule has 20 aromatic carbocycles. The normalized spacial score (nSPS) is 11.8. The second-order valence-corrected chi connectivity index (χ2v) is 38.2. The van der Waals surface area contributed by atoms with Gasteiger partial charge in [0.25, 0.3) is 0 Å². The number of para-hydroxylation sites is 3. The number of nitrogens with zero attached hydrogens (tertiary/aromatic N) is 11. The van der Waals surface area contributed by atoms with Crippen molar-refractivity contribution >= 4 is 197 Å². The first-order chi connectivity index (χ1) is 73.4. The van der Waals surface area contributed by atoms with E-state index in [0.717, 1.165) is 122 Å². The Kier molecular flexibility index (Phi) is 20.1. The molecule has 148 heavy (non-hydrogen) atoms. The van der Waals surface area contributed by atoms with Gasteiger partial charge in [0.15, 0.2) is 22.6 Å². The van der Waals surface area contributed by atoms with Gasteiger partial charge in [-0.2, -0.15) is 0 Å². The van der Waals surface area contributed by atoms with Gasteiger partial charge in [-0.25, -0.2) is 34.9 Å². The molecule has 0 aliphatic rings. The van der Waals surface area contributed by atoms with Crippen LogP contribution in [0.3, 0.4) is 0 Å². The predicted octanol–water partition coefficient (Wildman–Crippen LogP) is 35.3. The summed E-state index contributed by atoms with van der Waals surface area (Å²) < 4.78 is 9.46. The average Bonchev–Trinajstić information content (AvgIpc) is 1.64. The number of hydrogen-bond acceptors (Lipinski definition) is 7. The number of pyridine rings is 5. The lowest BCUT2D eigenvalue weighted by Gasteiger charge is -2.15. The Morgan fingerprint density at radius 1 is 0.149 bits per heavy atom. The molecule has 12 heterocycles. The zero-order valence-corrected chi connectivity index (χ0v) is 80.0. The summed E-state index contributed by atoms with van der Waals surface area (Å²) in [7, 11) is 0. The molecule has 12 aromatic heterocycles. The fourth-order valence-corrected chi connectivity index (χ4v) is 22.8. The first kappa shape index (κ1) is 84.8. The van der Waals surface area contributed by atoms with E-state index in [0.29, 0.717) is 11.3 Å². The highest BCUT2D eigenvalue weighted by molar-refractivity contribution is 6.26. The van der Waals surface area contributed by atoms with Gasteiger partial charge in [-0.1, -0.05) is 394 Å². The molecule has 0 saturated carbocycles. The third kappa shape index (κ3) is 14.2. The first-order valence-corrected chi connectivity index (χ1v) is 50.2. The lowest BCUT2D eigenvalue weighted by molar-refractivity contribution is 1.16. The summed E-state index contributed by atoms with van der Waals surface area (Å²) >= 11 is 0. The van der Waals surface area contributed by atoms with Crippen LogP contribution in [0.2, 0.25) is 0 Å². The minimum atomic E-state index is 0.533. The average molecular weight is 1890 g/mol. The van der Waals surface area contributed by atoms with E-state index < -0.39 is 0 Å². The molecular formula is C137H85N11. The molecule has 0 amide bonds. The van der Waals surface area contributed by atoms with Crippen molar-refractivity contribution in [3.8, 4) is 89.5 Å². The SMILES string of the molecule is c1ccc(-c2cc(-c3ccccc3)n3c4cc5ccccc5cc4c4cc5ccccc5cc4c23)cc1.c1ccc(-c2cc(-c3ccccc3)n3c4nc5ccccc5cc4c4cc5ccccc5cc4c23)cc1.c1ccc(-c2cc(-c3ccccc3)n3c4nc5ccccc5nc4c4cc5ccccc5cc4c23)cc1.c1ccc(-c2cc(-c3ccccc3)n3c4nc5nccnc5nc4c4cc5ccccc5cc4c23)cc1. The molecule has 32 aromatic rings. The largest absolute Gasteiger partial charge is 0.308 e. The molecule has 688 valence electrons. The van der Waals surface area contributed by atoms with Gasteiger partial charge in [-0.3, -0.25) is 13.2 Å². The fourth-order valence-electron chi connectivity index (χ4n) is 22.8. The van der Waals surface area contributed by atoms with Gasteiger partial charge < -0.3 is 4.40 Å². The summed E-state index contributed by atoms with van der Waals surface area (Å²) in [5.74, 6) is 0. The van der Waals surface area contributed by atoms with E-state index in [9.17, 15) is 0 Å². The number of aromatic nitrogens is 11. The molecule has 0 aliphatic heterocycles. The van der Waals surface area contributed by atoms with Gasteiger partial charge in [-0.05, 0) is 218 Å². The zero-order valence-electron chi connectivity index (χ0n) is 80.0. The van der Waals surface area contributed by atoms with Gasteiger partial charge >= 0.3 is 0 Å². The van der Waals surface area contributed by atoms with Gasteiger partial charge in [0.2, 0.25) is 0 Å². The van der Waals surface area contributed by atoms with Crippen LogP contribution in [0.15, 0.2) is 516 Å². The highest BCUT2D eigenvalue weighted by Gasteiger charge is 2.28. The van der Waals surface area contributed by atoms with Crippen molar-refractivity contribution in [2.45, 2.75) is 0 Å². The molecule has 0 saturated heterocycles. The molecule has 0 spiro atoms. The molecule has 0 bridgehead atoms. The summed E-state index contributed by atoms with van der Waals surface area (Å²) in [4.78, 5) is 34.8. The van der Waals surface area contributed by atoms with Crippen LogP contribution in [0.5, 0.6) is 0 Å². The third-order valence-electron chi connectivity index (χ3n) is 29.6.